The van der Waals surface area contributed by atoms with E-state index in [0.717, 1.165) is 0 Å². The van der Waals surface area contributed by atoms with E-state index in [4.69, 9.17) is 0 Å². The van der Waals surface area contributed by atoms with Gasteiger partial charge in [0.05, 0.1) is 5.52 Å². The lowest BCUT2D eigenvalue weighted by molar-refractivity contribution is 0.508. The lowest BCUT2D eigenvalue weighted by Crippen LogP contribution is -2.06. The quantitative estimate of drug-likeness (QED) is 0.256. The number of aromatic nitrogens is 1. The minimum absolute atomic E-state index is 0.553. The highest BCUT2D eigenvalue weighted by atomic mass is 15.0. The molecule has 0 amide bonds. The fourth-order valence-corrected chi connectivity index (χ4v) is 4.86. The second kappa shape index (κ2) is 11.4. The molecule has 0 aliphatic heterocycles. The van der Waals surface area contributed by atoms with Gasteiger partial charge in [-0.1, -0.05) is 108 Å². The maximum Gasteiger partial charge on any atom is 0.0526 e. The van der Waals surface area contributed by atoms with Crippen LogP contribution >= 0.6 is 0 Å². The number of hydrogen-bond acceptors (Lipinski definition) is 0. The van der Waals surface area contributed by atoms with Crippen LogP contribution in [0.5, 0.6) is 0 Å². The highest BCUT2D eigenvalue weighted by molar-refractivity contribution is 6.09. The van der Waals surface area contributed by atoms with Crippen molar-refractivity contribution < 1.29 is 0 Å². The van der Waals surface area contributed by atoms with Crippen LogP contribution in [0.15, 0.2) is 42.5 Å². The number of unbranched alkanes of at least 4 members (excludes halogenated alkanes) is 8. The van der Waals surface area contributed by atoms with Crippen LogP contribution in [-0.2, 0) is 6.42 Å². The molecule has 0 fully saturated rings. The molecule has 158 valence electrons. The Labute approximate surface area is 178 Å². The van der Waals surface area contributed by atoms with E-state index in [1.807, 2.05) is 0 Å². The predicted octanol–water partition coefficient (Wildman–Crippen LogP) is 9.23. The van der Waals surface area contributed by atoms with Gasteiger partial charge in [-0.15, -0.1) is 0 Å². The standard InChI is InChI=1S/C28H41N/c1-4-6-8-9-10-11-12-13-18-24-19-16-21-26-25-20-14-15-22-27(25)29(28(24)26)23(3)17-7-5-2/h14-16,19-23H,4-13,17-18H2,1-3H3. The summed E-state index contributed by atoms with van der Waals surface area (Å²) in [5.74, 6) is 0. The minimum atomic E-state index is 0.553. The molecule has 0 bridgehead atoms. The van der Waals surface area contributed by atoms with Gasteiger partial charge in [0.15, 0.2) is 0 Å². The molecule has 1 heterocycles. The lowest BCUT2D eigenvalue weighted by Gasteiger charge is -2.18. The fourth-order valence-electron chi connectivity index (χ4n) is 4.86. The first-order valence-corrected chi connectivity index (χ1v) is 12.3. The van der Waals surface area contributed by atoms with Gasteiger partial charge in [-0.25, -0.2) is 0 Å². The zero-order valence-corrected chi connectivity index (χ0v) is 19.1. The maximum absolute atomic E-state index is 2.65. The normalized spacial score (nSPS) is 12.8. The summed E-state index contributed by atoms with van der Waals surface area (Å²) in [4.78, 5) is 0. The summed E-state index contributed by atoms with van der Waals surface area (Å²) in [5.41, 5.74) is 4.46. The van der Waals surface area contributed by atoms with Gasteiger partial charge >= 0.3 is 0 Å². The third kappa shape index (κ3) is 5.44. The van der Waals surface area contributed by atoms with Gasteiger partial charge in [0, 0.05) is 22.3 Å². The first kappa shape index (κ1) is 21.9. The Bertz CT molecular complexity index is 873. The molecule has 3 aromatic rings. The summed E-state index contributed by atoms with van der Waals surface area (Å²) in [6.07, 6.45) is 16.1. The molecule has 3 rings (SSSR count). The van der Waals surface area contributed by atoms with Gasteiger partial charge in [0.25, 0.3) is 0 Å². The molecule has 1 atom stereocenters. The first-order valence-electron chi connectivity index (χ1n) is 12.3. The summed E-state index contributed by atoms with van der Waals surface area (Å²) in [6.45, 7) is 7.00. The van der Waals surface area contributed by atoms with E-state index < -0.39 is 0 Å². The van der Waals surface area contributed by atoms with Gasteiger partial charge in [0.1, 0.15) is 0 Å². The van der Waals surface area contributed by atoms with Crippen LogP contribution in [0.3, 0.4) is 0 Å². The molecule has 2 aromatic carbocycles. The number of nitrogens with zero attached hydrogens (tertiary/aromatic N) is 1. The van der Waals surface area contributed by atoms with Gasteiger partial charge in [-0.05, 0) is 37.8 Å². The summed E-state index contributed by atoms with van der Waals surface area (Å²) in [6, 6.07) is 16.5. The number of hydrogen-bond donors (Lipinski definition) is 0. The van der Waals surface area contributed by atoms with Crippen molar-refractivity contribution in [2.45, 2.75) is 104 Å². The average Bonchev–Trinajstić information content (AvgIpc) is 3.09. The lowest BCUT2D eigenvalue weighted by atomic mass is 10.0. The van der Waals surface area contributed by atoms with Gasteiger partial charge in [-0.2, -0.15) is 0 Å². The third-order valence-electron chi connectivity index (χ3n) is 6.53. The monoisotopic (exact) mass is 391 g/mol. The van der Waals surface area contributed by atoms with Crippen molar-refractivity contribution in [2.24, 2.45) is 0 Å². The van der Waals surface area contributed by atoms with Crippen LogP contribution in [0.25, 0.3) is 21.8 Å². The topological polar surface area (TPSA) is 4.93 Å². The molecule has 0 saturated carbocycles. The molecule has 29 heavy (non-hydrogen) atoms. The molecule has 0 aliphatic carbocycles. The van der Waals surface area contributed by atoms with Crippen molar-refractivity contribution in [1.82, 2.24) is 4.57 Å². The second-order valence-electron chi connectivity index (χ2n) is 8.92. The summed E-state index contributed by atoms with van der Waals surface area (Å²) in [5, 5.41) is 2.87. The molecule has 1 unspecified atom stereocenters. The average molecular weight is 392 g/mol. The highest BCUT2D eigenvalue weighted by Gasteiger charge is 2.17. The molecular formula is C28H41N. The Morgan fingerprint density at radius 1 is 0.690 bits per heavy atom. The van der Waals surface area contributed by atoms with E-state index in [9.17, 15) is 0 Å². The number of rotatable bonds is 13. The summed E-state index contributed by atoms with van der Waals surface area (Å²) >= 11 is 0. The Morgan fingerprint density at radius 2 is 1.34 bits per heavy atom. The zero-order chi connectivity index (χ0) is 20.5. The number of benzene rings is 2. The first-order chi connectivity index (χ1) is 14.3. The van der Waals surface area contributed by atoms with Crippen molar-refractivity contribution in [1.29, 1.82) is 0 Å². The van der Waals surface area contributed by atoms with E-state index in [0.29, 0.717) is 6.04 Å². The Hall–Kier alpha value is -1.76. The van der Waals surface area contributed by atoms with Crippen molar-refractivity contribution >= 4 is 21.8 Å². The van der Waals surface area contributed by atoms with Gasteiger partial charge in [0.2, 0.25) is 0 Å². The summed E-state index contributed by atoms with van der Waals surface area (Å²) in [7, 11) is 0. The van der Waals surface area contributed by atoms with Crippen molar-refractivity contribution in [3.05, 3.63) is 48.0 Å². The van der Waals surface area contributed by atoms with Crippen LogP contribution in [0.4, 0.5) is 0 Å². The van der Waals surface area contributed by atoms with Crippen LogP contribution in [-0.4, -0.2) is 4.57 Å². The van der Waals surface area contributed by atoms with Crippen LogP contribution in [0.1, 0.15) is 103 Å². The van der Waals surface area contributed by atoms with E-state index in [2.05, 4.69) is 67.8 Å². The smallest absolute Gasteiger partial charge is 0.0526 e. The van der Waals surface area contributed by atoms with Crippen molar-refractivity contribution in [3.8, 4) is 0 Å². The number of fused-ring (bicyclic) bond motifs is 3. The van der Waals surface area contributed by atoms with Crippen LogP contribution in [0.2, 0.25) is 0 Å². The molecule has 0 N–H and O–H groups in total. The van der Waals surface area contributed by atoms with Crippen molar-refractivity contribution in [2.75, 3.05) is 0 Å². The van der Waals surface area contributed by atoms with Crippen LogP contribution in [0, 0.1) is 0 Å². The third-order valence-corrected chi connectivity index (χ3v) is 6.53. The molecule has 0 saturated heterocycles. The van der Waals surface area contributed by atoms with Gasteiger partial charge < -0.3 is 4.57 Å². The van der Waals surface area contributed by atoms with Crippen molar-refractivity contribution in [3.63, 3.8) is 0 Å². The molecule has 1 heteroatoms. The van der Waals surface area contributed by atoms with Gasteiger partial charge in [-0.3, -0.25) is 0 Å². The van der Waals surface area contributed by atoms with Crippen LogP contribution < -0.4 is 0 Å². The molecular weight excluding hydrogens is 350 g/mol. The largest absolute Gasteiger partial charge is 0.337 e. The SMILES string of the molecule is CCCCCCCCCCc1cccc2c3ccccc3n(C(C)CCCC)c12. The number of aryl methyl sites for hydroxylation is 1. The van der Waals surface area contributed by atoms with E-state index in [1.54, 1.807) is 5.56 Å². The Kier molecular flexibility index (Phi) is 8.65. The summed E-state index contributed by atoms with van der Waals surface area (Å²) < 4.78 is 2.65. The number of para-hydroxylation sites is 2. The molecule has 1 nitrogen and oxygen atoms in total. The molecule has 0 aliphatic rings. The predicted molar refractivity (Wildman–Crippen MR) is 130 cm³/mol. The second-order valence-corrected chi connectivity index (χ2v) is 8.92. The van der Waals surface area contributed by atoms with E-state index >= 15 is 0 Å². The molecule has 0 radical (unpaired) electrons. The molecule has 0 spiro atoms. The Balaban J connectivity index is 1.77. The van der Waals surface area contributed by atoms with E-state index in [1.165, 1.54) is 98.9 Å². The minimum Gasteiger partial charge on any atom is -0.337 e. The van der Waals surface area contributed by atoms with E-state index in [-0.39, 0.29) is 0 Å². The highest BCUT2D eigenvalue weighted by Crippen LogP contribution is 2.35. The fraction of sp³-hybridized carbons (Fsp3) is 0.571. The molecule has 1 aromatic heterocycles. The zero-order valence-electron chi connectivity index (χ0n) is 19.1. The Morgan fingerprint density at radius 3 is 2.10 bits per heavy atom. The maximum atomic E-state index is 2.65.